The summed E-state index contributed by atoms with van der Waals surface area (Å²) < 4.78 is 5.16. The molecule has 0 aliphatic carbocycles. The van der Waals surface area contributed by atoms with Crippen molar-refractivity contribution in [2.75, 3.05) is 16.0 Å². The molecule has 3 amide bonds. The lowest BCUT2D eigenvalue weighted by Crippen LogP contribution is -2.19. The maximum absolute atomic E-state index is 12.3. The Morgan fingerprint density at radius 2 is 2.03 bits per heavy atom. The van der Waals surface area contributed by atoms with Crippen LogP contribution in [-0.4, -0.2) is 27.1 Å². The summed E-state index contributed by atoms with van der Waals surface area (Å²) in [6, 6.07) is 6.41. The first kappa shape index (κ1) is 18.5. The van der Waals surface area contributed by atoms with Crippen LogP contribution in [0.25, 0.3) is 11.6 Å². The molecular weight excluding hydrogens is 372 g/mol. The number of aromatic amines is 1. The smallest absolute Gasteiger partial charge is 0.326 e. The Labute approximate surface area is 166 Å². The van der Waals surface area contributed by atoms with Gasteiger partial charge in [0.25, 0.3) is 5.91 Å². The van der Waals surface area contributed by atoms with Crippen LogP contribution in [0.2, 0.25) is 0 Å². The second-order valence-corrected chi connectivity index (χ2v) is 7.68. The van der Waals surface area contributed by atoms with Gasteiger partial charge in [0.2, 0.25) is 5.88 Å². The Balaban J connectivity index is 1.47. The van der Waals surface area contributed by atoms with Crippen molar-refractivity contribution in [1.29, 1.82) is 0 Å². The maximum Gasteiger partial charge on any atom is 0.326 e. The summed E-state index contributed by atoms with van der Waals surface area (Å²) in [5.74, 6) is 0.0410. The van der Waals surface area contributed by atoms with Gasteiger partial charge in [-0.1, -0.05) is 32.0 Å². The van der Waals surface area contributed by atoms with Crippen LogP contribution in [0.5, 0.6) is 0 Å². The predicted octanol–water partition coefficient (Wildman–Crippen LogP) is 3.83. The number of hydrogen-bond acceptors (Lipinski definition) is 5. The molecule has 9 nitrogen and oxygen atoms in total. The summed E-state index contributed by atoms with van der Waals surface area (Å²) in [6.45, 7) is 6.01. The summed E-state index contributed by atoms with van der Waals surface area (Å²) in [7, 11) is 0. The van der Waals surface area contributed by atoms with Crippen molar-refractivity contribution in [3.8, 4) is 0 Å². The highest BCUT2D eigenvalue weighted by Crippen LogP contribution is 2.35. The van der Waals surface area contributed by atoms with Crippen molar-refractivity contribution in [2.24, 2.45) is 0 Å². The molecule has 0 radical (unpaired) electrons. The number of carbonyl (C=O) groups excluding carboxylic acids is 2. The number of carbonyl (C=O) groups is 2. The van der Waals surface area contributed by atoms with Crippen LogP contribution in [0.3, 0.4) is 0 Å². The lowest BCUT2D eigenvalue weighted by molar-refractivity contribution is -0.110. The molecule has 29 heavy (non-hydrogen) atoms. The fourth-order valence-electron chi connectivity index (χ4n) is 2.88. The fourth-order valence-corrected chi connectivity index (χ4v) is 2.88. The Morgan fingerprint density at radius 1 is 1.21 bits per heavy atom. The lowest BCUT2D eigenvalue weighted by Gasteiger charge is -2.12. The monoisotopic (exact) mass is 392 g/mol. The average Bonchev–Trinajstić information content (AvgIpc) is 3.36. The molecule has 0 atom stereocenters. The zero-order chi connectivity index (χ0) is 20.6. The van der Waals surface area contributed by atoms with Crippen molar-refractivity contribution in [2.45, 2.75) is 26.2 Å². The van der Waals surface area contributed by atoms with Gasteiger partial charge in [-0.2, -0.15) is 0 Å². The lowest BCUT2D eigenvalue weighted by atomic mass is 9.92. The van der Waals surface area contributed by atoms with Gasteiger partial charge in [0.1, 0.15) is 0 Å². The van der Waals surface area contributed by atoms with Crippen molar-refractivity contribution in [3.63, 3.8) is 0 Å². The second kappa shape index (κ2) is 6.93. The van der Waals surface area contributed by atoms with E-state index in [1.807, 2.05) is 20.8 Å². The second-order valence-electron chi connectivity index (χ2n) is 7.68. The summed E-state index contributed by atoms with van der Waals surface area (Å²) in [6.07, 6.45) is 4.91. The third-order valence-corrected chi connectivity index (χ3v) is 4.39. The molecule has 4 N–H and O–H groups in total. The number of fused-ring (bicyclic) bond motifs is 1. The average molecular weight is 392 g/mol. The zero-order valence-electron chi connectivity index (χ0n) is 16.2. The third-order valence-electron chi connectivity index (χ3n) is 4.39. The van der Waals surface area contributed by atoms with Gasteiger partial charge in [0.05, 0.1) is 35.2 Å². The van der Waals surface area contributed by atoms with E-state index in [2.05, 4.69) is 31.1 Å². The topological polar surface area (TPSA) is 125 Å². The molecule has 148 valence electrons. The van der Waals surface area contributed by atoms with Crippen molar-refractivity contribution < 1.29 is 14.1 Å². The number of nitrogens with zero attached hydrogens (tertiary/aromatic N) is 2. The molecule has 3 aromatic rings. The minimum absolute atomic E-state index is 0.181. The van der Waals surface area contributed by atoms with Crippen LogP contribution >= 0.6 is 0 Å². The molecule has 3 heterocycles. The molecule has 1 aliphatic heterocycles. The first-order valence-corrected chi connectivity index (χ1v) is 9.01. The van der Waals surface area contributed by atoms with Crippen LogP contribution in [-0.2, 0) is 10.2 Å². The van der Waals surface area contributed by atoms with Crippen molar-refractivity contribution >= 4 is 40.8 Å². The number of rotatable bonds is 3. The Morgan fingerprint density at radius 3 is 2.72 bits per heavy atom. The molecule has 0 saturated heterocycles. The van der Waals surface area contributed by atoms with Crippen LogP contribution in [0.1, 0.15) is 37.7 Å². The minimum Gasteiger partial charge on any atom is -0.345 e. The number of imidazole rings is 1. The molecule has 0 unspecified atom stereocenters. The highest BCUT2D eigenvalue weighted by atomic mass is 16.5. The summed E-state index contributed by atoms with van der Waals surface area (Å²) in [5.41, 5.74) is 3.71. The number of aromatic nitrogens is 3. The van der Waals surface area contributed by atoms with Crippen LogP contribution in [0.4, 0.5) is 22.1 Å². The van der Waals surface area contributed by atoms with Gasteiger partial charge in [-0.05, 0) is 18.2 Å². The van der Waals surface area contributed by atoms with E-state index < -0.39 is 6.03 Å². The van der Waals surface area contributed by atoms with Gasteiger partial charge in [-0.25, -0.2) is 9.78 Å². The first-order valence-electron chi connectivity index (χ1n) is 9.01. The molecule has 0 fully saturated rings. The number of urea groups is 1. The van der Waals surface area contributed by atoms with Gasteiger partial charge in [0, 0.05) is 22.7 Å². The highest BCUT2D eigenvalue weighted by Gasteiger charge is 2.25. The molecule has 0 saturated carbocycles. The fraction of sp³-hybridized carbons (Fsp3) is 0.200. The van der Waals surface area contributed by atoms with E-state index in [0.29, 0.717) is 16.9 Å². The van der Waals surface area contributed by atoms with Crippen molar-refractivity contribution in [1.82, 2.24) is 15.1 Å². The van der Waals surface area contributed by atoms with Crippen LogP contribution in [0, 0.1) is 0 Å². The number of benzene rings is 1. The molecule has 9 heteroatoms. The van der Waals surface area contributed by atoms with Gasteiger partial charge in [0.15, 0.2) is 0 Å². The number of hydrogen-bond donors (Lipinski definition) is 4. The Hall–Kier alpha value is -3.88. The standard InChI is InChI=1S/C20H20N6O3/c1-20(2,3)16-8-17(29-26-16)25-19(28)23-11-4-5-13-14(6-12-9-21-10-22-12)18(27)24-15(13)7-11/h4-10H,1-3H3,(H,21,22)(H,24,27)(H2,23,25,28)/b14-6-. The van der Waals surface area contributed by atoms with E-state index in [9.17, 15) is 9.59 Å². The molecule has 4 rings (SSSR count). The van der Waals surface area contributed by atoms with Gasteiger partial charge in [-0.3, -0.25) is 10.1 Å². The van der Waals surface area contributed by atoms with Gasteiger partial charge >= 0.3 is 6.03 Å². The van der Waals surface area contributed by atoms with Crippen LogP contribution < -0.4 is 16.0 Å². The normalized spacial score (nSPS) is 14.6. The number of anilines is 3. The Bertz CT molecular complexity index is 1110. The predicted molar refractivity (Wildman–Crippen MR) is 109 cm³/mol. The van der Waals surface area contributed by atoms with Crippen LogP contribution in [0.15, 0.2) is 41.3 Å². The molecule has 1 aromatic carbocycles. The molecule has 1 aliphatic rings. The first-order chi connectivity index (χ1) is 13.8. The molecular formula is C20H20N6O3. The quantitative estimate of drug-likeness (QED) is 0.504. The van der Waals surface area contributed by atoms with E-state index >= 15 is 0 Å². The number of H-pyrrole nitrogens is 1. The van der Waals surface area contributed by atoms with Gasteiger partial charge in [-0.15, -0.1) is 0 Å². The van der Waals surface area contributed by atoms with E-state index in [1.165, 1.54) is 0 Å². The summed E-state index contributed by atoms with van der Waals surface area (Å²) >= 11 is 0. The number of amides is 3. The summed E-state index contributed by atoms with van der Waals surface area (Å²) in [5, 5.41) is 12.1. The van der Waals surface area contributed by atoms with E-state index in [0.717, 1.165) is 17.0 Å². The molecule has 2 aromatic heterocycles. The molecule has 0 spiro atoms. The zero-order valence-corrected chi connectivity index (χ0v) is 16.2. The van der Waals surface area contributed by atoms with Crippen molar-refractivity contribution in [3.05, 3.63) is 53.7 Å². The van der Waals surface area contributed by atoms with E-state index in [4.69, 9.17) is 4.52 Å². The largest absolute Gasteiger partial charge is 0.345 e. The maximum atomic E-state index is 12.3. The SMILES string of the molecule is CC(C)(C)c1cc(NC(=O)Nc2ccc3c(c2)NC(=O)/C3=C\c2cnc[nH]2)on1. The highest BCUT2D eigenvalue weighted by molar-refractivity contribution is 6.35. The van der Waals surface area contributed by atoms with E-state index in [-0.39, 0.29) is 17.2 Å². The van der Waals surface area contributed by atoms with Gasteiger partial charge < -0.3 is 20.1 Å². The molecule has 0 bridgehead atoms. The van der Waals surface area contributed by atoms with E-state index in [1.54, 1.807) is 42.9 Å². The number of nitrogens with one attached hydrogen (secondary N) is 4. The summed E-state index contributed by atoms with van der Waals surface area (Å²) in [4.78, 5) is 31.4. The third kappa shape index (κ3) is 3.88. The minimum atomic E-state index is -0.473. The Kier molecular flexibility index (Phi) is 4.42.